The minimum atomic E-state index is -1.65. The van der Waals surface area contributed by atoms with Crippen LogP contribution in [0, 0.1) is 17.3 Å². The van der Waals surface area contributed by atoms with Gasteiger partial charge in [0.1, 0.15) is 20.0 Å². The predicted octanol–water partition coefficient (Wildman–Crippen LogP) is 3.02. The highest BCUT2D eigenvalue weighted by molar-refractivity contribution is 6.83. The number of amides is 1. The first-order chi connectivity index (χ1) is 13.2. The second kappa shape index (κ2) is 8.01. The van der Waals surface area contributed by atoms with E-state index in [4.69, 9.17) is 9.47 Å². The van der Waals surface area contributed by atoms with E-state index in [9.17, 15) is 14.3 Å². The number of ether oxygens (including phenoxy) is 2. The summed E-state index contributed by atoms with van der Waals surface area (Å²) < 4.78 is 26.0. The van der Waals surface area contributed by atoms with Gasteiger partial charge in [0.05, 0.1) is 23.9 Å². The largest absolute Gasteiger partial charge is 0.484 e. The Hall–Kier alpha value is -2.24. The number of hydrogen-bond acceptors (Lipinski definition) is 4. The summed E-state index contributed by atoms with van der Waals surface area (Å²) >= 11 is 0. The van der Waals surface area contributed by atoms with E-state index >= 15 is 0 Å². The van der Waals surface area contributed by atoms with Crippen LogP contribution in [0.3, 0.4) is 0 Å². The molecule has 8 heteroatoms. The van der Waals surface area contributed by atoms with Crippen LogP contribution >= 0.6 is 0 Å². The minimum Gasteiger partial charge on any atom is -0.484 e. The van der Waals surface area contributed by atoms with E-state index in [1.807, 2.05) is 0 Å². The van der Waals surface area contributed by atoms with E-state index < -0.39 is 14.2 Å². The maximum absolute atomic E-state index is 14.4. The molecule has 0 aliphatic carbocycles. The number of carboxylic acid groups (broad SMARTS) is 1. The molecule has 152 valence electrons. The number of hydrogen-bond donors (Lipinski definition) is 1. The van der Waals surface area contributed by atoms with Gasteiger partial charge in [-0.15, -0.1) is 5.54 Å². The van der Waals surface area contributed by atoms with Crippen LogP contribution in [-0.4, -0.2) is 69.7 Å². The Morgan fingerprint density at radius 2 is 2.14 bits per heavy atom. The molecule has 2 aliphatic rings. The van der Waals surface area contributed by atoms with E-state index in [0.717, 1.165) is 0 Å². The maximum atomic E-state index is 14.4. The zero-order chi connectivity index (χ0) is 20.5. The average Bonchev–Trinajstić information content (AvgIpc) is 2.75. The minimum absolute atomic E-state index is 0.106. The summed E-state index contributed by atoms with van der Waals surface area (Å²) in [5.74, 6) is 3.34. The Bertz CT molecular complexity index is 815. The molecule has 28 heavy (non-hydrogen) atoms. The molecule has 1 saturated heterocycles. The van der Waals surface area contributed by atoms with E-state index in [2.05, 4.69) is 36.0 Å². The first kappa shape index (κ1) is 20.5. The van der Waals surface area contributed by atoms with Gasteiger partial charge in [-0.25, -0.2) is 9.18 Å². The highest BCUT2D eigenvalue weighted by Crippen LogP contribution is 2.39. The highest BCUT2D eigenvalue weighted by Gasteiger charge is 2.37. The van der Waals surface area contributed by atoms with Crippen molar-refractivity contribution in [2.24, 2.45) is 0 Å². The molecular weight excluding hydrogens is 379 g/mol. The second-order valence-electron chi connectivity index (χ2n) is 8.31. The molecule has 1 amide bonds. The quantitative estimate of drug-likeness (QED) is 0.604. The van der Waals surface area contributed by atoms with Crippen molar-refractivity contribution in [3.63, 3.8) is 0 Å². The number of anilines is 1. The van der Waals surface area contributed by atoms with Gasteiger partial charge >= 0.3 is 6.09 Å². The normalized spacial score (nSPS) is 21.6. The topological polar surface area (TPSA) is 62.2 Å². The van der Waals surface area contributed by atoms with E-state index in [0.29, 0.717) is 49.7 Å². The number of benzene rings is 1. The van der Waals surface area contributed by atoms with Crippen LogP contribution in [0.25, 0.3) is 0 Å². The van der Waals surface area contributed by atoms with Crippen molar-refractivity contribution in [1.29, 1.82) is 0 Å². The molecule has 0 spiro atoms. The fraction of sp³-hybridized carbons (Fsp3) is 0.550. The van der Waals surface area contributed by atoms with Gasteiger partial charge in [0.15, 0.2) is 5.75 Å². The lowest BCUT2D eigenvalue weighted by atomic mass is 10.0. The van der Waals surface area contributed by atoms with Crippen LogP contribution in [0.15, 0.2) is 12.1 Å². The predicted molar refractivity (Wildman–Crippen MR) is 108 cm³/mol. The van der Waals surface area contributed by atoms with E-state index in [1.165, 1.54) is 17.0 Å². The molecule has 1 fully saturated rings. The standard InChI is InChI=1S/C20H27FN2O4Si/c1-26-13-17-11-16-12-22(20(24)25)6-7-23(16)18-10-15(21)9-14(19(18)27-17)5-8-28(2,3)4/h9-10,16-17H,6-7,11-13H2,1-4H3,(H,24,25). The molecule has 1 aromatic carbocycles. The van der Waals surface area contributed by atoms with Gasteiger partial charge in [-0.05, 0) is 6.07 Å². The number of rotatable bonds is 2. The summed E-state index contributed by atoms with van der Waals surface area (Å²) in [7, 11) is -0.0479. The molecule has 2 heterocycles. The molecule has 2 aliphatic heterocycles. The third-order valence-electron chi connectivity index (χ3n) is 4.84. The number of halogens is 1. The van der Waals surface area contributed by atoms with Crippen molar-refractivity contribution in [3.05, 3.63) is 23.5 Å². The monoisotopic (exact) mass is 406 g/mol. The Balaban J connectivity index is 2.06. The SMILES string of the molecule is COCC1CC2CN(C(=O)O)CCN2c2cc(F)cc(C#C[Si](C)(C)C)c2O1. The van der Waals surface area contributed by atoms with Crippen LogP contribution in [-0.2, 0) is 4.74 Å². The molecule has 1 N–H and O–H groups in total. The summed E-state index contributed by atoms with van der Waals surface area (Å²) in [6.45, 7) is 7.97. The van der Waals surface area contributed by atoms with E-state index in [1.54, 1.807) is 7.11 Å². The number of fused-ring (bicyclic) bond motifs is 3. The van der Waals surface area contributed by atoms with Crippen molar-refractivity contribution in [1.82, 2.24) is 4.90 Å². The van der Waals surface area contributed by atoms with Crippen LogP contribution in [0.1, 0.15) is 12.0 Å². The molecule has 0 saturated carbocycles. The molecule has 2 unspecified atom stereocenters. The third-order valence-corrected chi connectivity index (χ3v) is 5.72. The van der Waals surface area contributed by atoms with Crippen molar-refractivity contribution in [2.75, 3.05) is 38.3 Å². The second-order valence-corrected chi connectivity index (χ2v) is 13.1. The number of methoxy groups -OCH3 is 1. The van der Waals surface area contributed by atoms with Crippen molar-refractivity contribution >= 4 is 19.9 Å². The zero-order valence-corrected chi connectivity index (χ0v) is 17.8. The number of piperazine rings is 1. The first-order valence-electron chi connectivity index (χ1n) is 9.45. The number of nitrogens with zero attached hydrogens (tertiary/aromatic N) is 2. The molecular formula is C20H27FN2O4Si. The lowest BCUT2D eigenvalue weighted by molar-refractivity contribution is 0.0694. The molecule has 0 bridgehead atoms. The molecule has 0 radical (unpaired) electrons. The number of carbonyl (C=O) groups is 1. The summed E-state index contributed by atoms with van der Waals surface area (Å²) in [5, 5.41) is 9.37. The summed E-state index contributed by atoms with van der Waals surface area (Å²) in [6, 6.07) is 2.78. The molecule has 6 nitrogen and oxygen atoms in total. The molecule has 0 aromatic heterocycles. The first-order valence-corrected chi connectivity index (χ1v) is 12.9. The molecule has 2 atom stereocenters. The fourth-order valence-corrected chi connectivity index (χ4v) is 4.13. The Kier molecular flexibility index (Phi) is 5.86. The Morgan fingerprint density at radius 1 is 1.39 bits per heavy atom. The summed E-state index contributed by atoms with van der Waals surface area (Å²) in [5.41, 5.74) is 4.47. The smallest absolute Gasteiger partial charge is 0.407 e. The third kappa shape index (κ3) is 4.59. The summed E-state index contributed by atoms with van der Waals surface area (Å²) in [6.07, 6.45) is -0.603. The summed E-state index contributed by atoms with van der Waals surface area (Å²) in [4.78, 5) is 14.9. The van der Waals surface area contributed by atoms with Gasteiger partial charge < -0.3 is 24.4 Å². The average molecular weight is 407 g/mol. The van der Waals surface area contributed by atoms with Crippen molar-refractivity contribution in [3.8, 4) is 17.2 Å². The van der Waals surface area contributed by atoms with Gasteiger partial charge in [0.2, 0.25) is 0 Å². The zero-order valence-electron chi connectivity index (χ0n) is 16.8. The van der Waals surface area contributed by atoms with Gasteiger partial charge in [0.25, 0.3) is 0 Å². The lowest BCUT2D eigenvalue weighted by Crippen LogP contribution is -2.55. The van der Waals surface area contributed by atoms with Crippen molar-refractivity contribution < 1.29 is 23.8 Å². The Morgan fingerprint density at radius 3 is 2.79 bits per heavy atom. The van der Waals surface area contributed by atoms with Crippen LogP contribution in [0.2, 0.25) is 19.6 Å². The fourth-order valence-electron chi connectivity index (χ4n) is 3.62. The molecule has 3 rings (SSSR count). The van der Waals surface area contributed by atoms with Gasteiger partial charge in [0, 0.05) is 39.2 Å². The molecule has 1 aromatic rings. The van der Waals surface area contributed by atoms with Crippen LogP contribution in [0.5, 0.6) is 5.75 Å². The Labute approximate surface area is 166 Å². The van der Waals surface area contributed by atoms with Gasteiger partial charge in [-0.3, -0.25) is 0 Å². The van der Waals surface area contributed by atoms with Crippen LogP contribution < -0.4 is 9.64 Å². The maximum Gasteiger partial charge on any atom is 0.407 e. The lowest BCUT2D eigenvalue weighted by Gasteiger charge is -2.41. The highest BCUT2D eigenvalue weighted by atomic mass is 28.3. The van der Waals surface area contributed by atoms with E-state index in [-0.39, 0.29) is 18.0 Å². The van der Waals surface area contributed by atoms with Gasteiger partial charge in [-0.2, -0.15) is 0 Å². The van der Waals surface area contributed by atoms with Crippen molar-refractivity contribution in [2.45, 2.75) is 38.2 Å². The van der Waals surface area contributed by atoms with Crippen LogP contribution in [0.4, 0.5) is 14.9 Å². The van der Waals surface area contributed by atoms with Gasteiger partial charge in [-0.1, -0.05) is 25.6 Å².